The van der Waals surface area contributed by atoms with Crippen molar-refractivity contribution < 1.29 is 35.7 Å². The summed E-state index contributed by atoms with van der Waals surface area (Å²) in [5.41, 5.74) is -4.91. The molecule has 1 aliphatic carbocycles. The number of benzene rings is 1. The normalized spacial score (nSPS) is 15.7. The third-order valence-electron chi connectivity index (χ3n) is 4.12. The van der Waals surface area contributed by atoms with Crippen LogP contribution in [0.3, 0.4) is 0 Å². The van der Waals surface area contributed by atoms with Gasteiger partial charge < -0.3 is 9.29 Å². The topological polar surface area (TPSA) is 80.7 Å². The van der Waals surface area contributed by atoms with E-state index in [0.29, 0.717) is 30.4 Å². The van der Waals surface area contributed by atoms with Crippen molar-refractivity contribution in [3.05, 3.63) is 41.0 Å². The van der Waals surface area contributed by atoms with Crippen LogP contribution in [-0.4, -0.2) is 25.0 Å². The second-order valence-electron chi connectivity index (χ2n) is 6.80. The molecule has 0 amide bonds. The van der Waals surface area contributed by atoms with Crippen LogP contribution in [0, 0.1) is 5.41 Å². The molecule has 0 heterocycles. The lowest BCUT2D eigenvalue weighted by Crippen LogP contribution is -2.26. The molecule has 0 unspecified atom stereocenters. The van der Waals surface area contributed by atoms with Gasteiger partial charge in [0.15, 0.2) is 0 Å². The first-order chi connectivity index (χ1) is 11.8. The van der Waals surface area contributed by atoms with Gasteiger partial charge in [-0.3, -0.25) is 4.79 Å². The van der Waals surface area contributed by atoms with Gasteiger partial charge in [0.05, 0.1) is 5.41 Å². The van der Waals surface area contributed by atoms with Crippen LogP contribution in [0.4, 0.5) is 13.2 Å². The molecule has 1 aromatic carbocycles. The van der Waals surface area contributed by atoms with E-state index in [-0.39, 0.29) is 17.7 Å². The summed E-state index contributed by atoms with van der Waals surface area (Å²) in [5, 5.41) is 9.23. The van der Waals surface area contributed by atoms with Gasteiger partial charge in [0, 0.05) is 5.56 Å². The fourth-order valence-corrected chi connectivity index (χ4v) is 3.16. The maximum Gasteiger partial charge on any atom is 0.534 e. The van der Waals surface area contributed by atoms with Crippen molar-refractivity contribution in [3.8, 4) is 0 Å². The summed E-state index contributed by atoms with van der Waals surface area (Å²) in [4.78, 5) is 11.3. The molecular formula is C17H19F3O5S. The summed E-state index contributed by atoms with van der Waals surface area (Å²) in [6.45, 7) is 3.15. The summed E-state index contributed by atoms with van der Waals surface area (Å²) < 4.78 is 64.8. The third-order valence-corrected chi connectivity index (χ3v) is 5.09. The molecule has 1 N–H and O–H groups in total. The zero-order valence-electron chi connectivity index (χ0n) is 14.3. The van der Waals surface area contributed by atoms with E-state index in [1.165, 1.54) is 12.1 Å². The van der Waals surface area contributed by atoms with Crippen LogP contribution >= 0.6 is 0 Å². The van der Waals surface area contributed by atoms with Gasteiger partial charge in [-0.05, 0) is 56.7 Å². The number of hydrogen-bond donors (Lipinski definition) is 1. The number of hydrogen-bond acceptors (Lipinski definition) is 4. The largest absolute Gasteiger partial charge is 0.534 e. The van der Waals surface area contributed by atoms with Crippen molar-refractivity contribution in [1.82, 2.24) is 0 Å². The van der Waals surface area contributed by atoms with Gasteiger partial charge in [0.1, 0.15) is 5.76 Å². The molecule has 5 nitrogen and oxygen atoms in total. The number of carboxylic acid groups (broad SMARTS) is 1. The number of halogens is 3. The minimum absolute atomic E-state index is 0.233. The Balaban J connectivity index is 2.37. The summed E-state index contributed by atoms with van der Waals surface area (Å²) in [7, 11) is -5.75. The lowest BCUT2D eigenvalue weighted by atomic mass is 9.85. The van der Waals surface area contributed by atoms with Crippen molar-refractivity contribution in [2.75, 3.05) is 0 Å². The number of alkyl halides is 3. The molecule has 0 saturated heterocycles. The van der Waals surface area contributed by atoms with Gasteiger partial charge in [0.2, 0.25) is 0 Å². The second-order valence-corrected chi connectivity index (χ2v) is 8.34. The average molecular weight is 392 g/mol. The van der Waals surface area contributed by atoms with Gasteiger partial charge in [-0.1, -0.05) is 18.2 Å². The lowest BCUT2D eigenvalue weighted by Gasteiger charge is -2.20. The number of carbonyl (C=O) groups is 1. The van der Waals surface area contributed by atoms with Crippen molar-refractivity contribution in [3.63, 3.8) is 0 Å². The van der Waals surface area contributed by atoms with E-state index in [9.17, 15) is 31.5 Å². The SMILES string of the molecule is CC(C)(Cc1ccc2c(c1)CCCC=C2OS(=O)(=O)C(F)(F)F)C(=O)O. The van der Waals surface area contributed by atoms with Crippen molar-refractivity contribution in [1.29, 1.82) is 0 Å². The minimum atomic E-state index is -5.75. The van der Waals surface area contributed by atoms with E-state index in [1.54, 1.807) is 26.0 Å². The highest BCUT2D eigenvalue weighted by molar-refractivity contribution is 7.87. The van der Waals surface area contributed by atoms with E-state index in [0.717, 1.165) is 0 Å². The highest BCUT2D eigenvalue weighted by Crippen LogP contribution is 2.34. The van der Waals surface area contributed by atoms with Crippen LogP contribution in [0.15, 0.2) is 24.3 Å². The molecule has 0 radical (unpaired) electrons. The molecule has 0 bridgehead atoms. The van der Waals surface area contributed by atoms with Gasteiger partial charge >= 0.3 is 21.6 Å². The molecule has 0 aromatic heterocycles. The number of rotatable bonds is 5. The smallest absolute Gasteiger partial charge is 0.481 e. The summed E-state index contributed by atoms with van der Waals surface area (Å²) in [6.07, 6.45) is 3.06. The van der Waals surface area contributed by atoms with Crippen LogP contribution in [0.25, 0.3) is 5.76 Å². The molecule has 1 aliphatic rings. The Morgan fingerprint density at radius 2 is 1.92 bits per heavy atom. The number of aliphatic carboxylic acids is 1. The molecule has 26 heavy (non-hydrogen) atoms. The molecule has 9 heteroatoms. The fourth-order valence-electron chi connectivity index (χ4n) is 2.67. The number of fused-ring (bicyclic) bond motifs is 1. The molecular weight excluding hydrogens is 373 g/mol. The molecule has 0 aliphatic heterocycles. The van der Waals surface area contributed by atoms with E-state index in [4.69, 9.17) is 0 Å². The highest BCUT2D eigenvalue weighted by Gasteiger charge is 2.49. The maximum atomic E-state index is 12.6. The Morgan fingerprint density at radius 1 is 1.27 bits per heavy atom. The Morgan fingerprint density at radius 3 is 2.50 bits per heavy atom. The van der Waals surface area contributed by atoms with Gasteiger partial charge in [-0.2, -0.15) is 21.6 Å². The predicted molar refractivity (Wildman–Crippen MR) is 88.5 cm³/mol. The zero-order valence-corrected chi connectivity index (χ0v) is 15.1. The molecule has 2 rings (SSSR count). The Kier molecular flexibility index (Phi) is 5.41. The van der Waals surface area contributed by atoms with Crippen LogP contribution in [-0.2, 0) is 31.9 Å². The minimum Gasteiger partial charge on any atom is -0.481 e. The lowest BCUT2D eigenvalue weighted by molar-refractivity contribution is -0.146. The molecule has 0 spiro atoms. The summed E-state index contributed by atoms with van der Waals surface area (Å²) in [6, 6.07) is 4.75. The first-order valence-electron chi connectivity index (χ1n) is 7.90. The van der Waals surface area contributed by atoms with Crippen LogP contribution in [0.2, 0.25) is 0 Å². The van der Waals surface area contributed by atoms with Crippen molar-refractivity contribution >= 4 is 21.8 Å². The van der Waals surface area contributed by atoms with E-state index >= 15 is 0 Å². The highest BCUT2D eigenvalue weighted by atomic mass is 32.2. The van der Waals surface area contributed by atoms with E-state index in [2.05, 4.69) is 4.18 Å². The molecule has 1 aromatic rings. The first kappa shape index (κ1) is 20.3. The predicted octanol–water partition coefficient (Wildman–Crippen LogP) is 3.88. The van der Waals surface area contributed by atoms with E-state index < -0.39 is 27.0 Å². The quantitative estimate of drug-likeness (QED) is 0.608. The monoisotopic (exact) mass is 392 g/mol. The molecule has 0 saturated carbocycles. The van der Waals surface area contributed by atoms with Crippen LogP contribution in [0.1, 0.15) is 43.4 Å². The number of allylic oxidation sites excluding steroid dienone is 1. The second kappa shape index (κ2) is 6.94. The first-order valence-corrected chi connectivity index (χ1v) is 9.31. The Hall–Kier alpha value is -2.03. The average Bonchev–Trinajstić information content (AvgIpc) is 2.67. The standard InChI is InChI=1S/C17H19F3O5S/c1-16(2,15(21)22)10-11-7-8-13-12(9-11)5-3-4-6-14(13)25-26(23,24)17(18,19)20/h6-9H,3-5,10H2,1-2H3,(H,21,22). The summed E-state index contributed by atoms with van der Waals surface area (Å²) >= 11 is 0. The van der Waals surface area contributed by atoms with Crippen LogP contribution in [0.5, 0.6) is 0 Å². The summed E-state index contributed by atoms with van der Waals surface area (Å²) in [5.74, 6) is -1.31. The molecule has 0 fully saturated rings. The van der Waals surface area contributed by atoms with Gasteiger partial charge in [-0.15, -0.1) is 0 Å². The Bertz CT molecular complexity index is 838. The maximum absolute atomic E-state index is 12.6. The number of carboxylic acids is 1. The van der Waals surface area contributed by atoms with Crippen molar-refractivity contribution in [2.45, 2.75) is 45.0 Å². The van der Waals surface area contributed by atoms with Gasteiger partial charge in [-0.25, -0.2) is 0 Å². The Labute approximate surface area is 149 Å². The van der Waals surface area contributed by atoms with Crippen LogP contribution < -0.4 is 0 Å². The van der Waals surface area contributed by atoms with Gasteiger partial charge in [0.25, 0.3) is 0 Å². The third kappa shape index (κ3) is 4.38. The van der Waals surface area contributed by atoms with Crippen molar-refractivity contribution in [2.24, 2.45) is 5.41 Å². The molecule has 144 valence electrons. The number of aryl methyl sites for hydroxylation is 1. The van der Waals surface area contributed by atoms with E-state index in [1.807, 2.05) is 0 Å². The zero-order chi connectivity index (χ0) is 19.8. The molecule has 0 atom stereocenters. The fraction of sp³-hybridized carbons (Fsp3) is 0.471.